The number of rotatable bonds is 11. The second-order valence-electron chi connectivity index (χ2n) is 6.79. The third-order valence-electron chi connectivity index (χ3n) is 4.16. The average Bonchev–Trinajstić information content (AvgIpc) is 2.80. The molecule has 3 amide bonds. The zero-order valence-electron chi connectivity index (χ0n) is 18.5. The summed E-state index contributed by atoms with van der Waals surface area (Å²) >= 11 is 5.83. The van der Waals surface area contributed by atoms with Crippen molar-refractivity contribution in [2.45, 2.75) is 26.7 Å². The van der Waals surface area contributed by atoms with Gasteiger partial charge in [-0.3, -0.25) is 14.4 Å². The lowest BCUT2D eigenvalue weighted by Gasteiger charge is -2.12. The molecule has 0 unspecified atom stereocenters. The first kappa shape index (κ1) is 25.7. The van der Waals surface area contributed by atoms with Crippen molar-refractivity contribution in [2.24, 2.45) is 5.10 Å². The number of carbonyl (C=O) groups excluding carboxylic acids is 3. The van der Waals surface area contributed by atoms with Gasteiger partial charge in [-0.2, -0.15) is 5.10 Å². The van der Waals surface area contributed by atoms with Crippen molar-refractivity contribution in [1.82, 2.24) is 10.7 Å². The Balaban J connectivity index is 1.92. The number of benzene rings is 2. The summed E-state index contributed by atoms with van der Waals surface area (Å²) < 4.78 is 11.2. The number of hydrogen-bond donors (Lipinski definition) is 3. The van der Waals surface area contributed by atoms with Crippen molar-refractivity contribution < 1.29 is 23.9 Å². The second-order valence-corrected chi connectivity index (χ2v) is 7.23. The Kier molecular flexibility index (Phi) is 10.7. The van der Waals surface area contributed by atoms with Crippen LogP contribution in [-0.2, 0) is 14.4 Å². The summed E-state index contributed by atoms with van der Waals surface area (Å²) in [6.07, 6.45) is 3.07. The number of amides is 3. The predicted molar refractivity (Wildman–Crippen MR) is 127 cm³/mol. The molecule has 0 heterocycles. The Bertz CT molecular complexity index is 979. The van der Waals surface area contributed by atoms with E-state index < -0.39 is 11.8 Å². The topological polar surface area (TPSA) is 118 Å². The molecule has 2 aromatic carbocycles. The van der Waals surface area contributed by atoms with E-state index in [0.717, 1.165) is 12.8 Å². The van der Waals surface area contributed by atoms with Gasteiger partial charge in [-0.1, -0.05) is 24.9 Å². The van der Waals surface area contributed by atoms with Crippen LogP contribution in [0, 0.1) is 0 Å². The van der Waals surface area contributed by atoms with Crippen LogP contribution in [0.3, 0.4) is 0 Å². The maximum Gasteiger partial charge on any atom is 0.329 e. The zero-order valence-corrected chi connectivity index (χ0v) is 19.3. The minimum Gasteiger partial charge on any atom is -0.490 e. The quantitative estimate of drug-likeness (QED) is 0.200. The van der Waals surface area contributed by atoms with Crippen LogP contribution >= 0.6 is 11.6 Å². The Morgan fingerprint density at radius 1 is 1.00 bits per heavy atom. The number of halogens is 1. The van der Waals surface area contributed by atoms with E-state index in [9.17, 15) is 14.4 Å². The van der Waals surface area contributed by atoms with Gasteiger partial charge < -0.3 is 20.1 Å². The fourth-order valence-electron chi connectivity index (χ4n) is 2.54. The molecule has 0 fully saturated rings. The molecule has 0 aromatic heterocycles. The van der Waals surface area contributed by atoms with Gasteiger partial charge in [0.15, 0.2) is 18.1 Å². The summed E-state index contributed by atoms with van der Waals surface area (Å²) in [4.78, 5) is 35.5. The molecule has 0 saturated carbocycles. The van der Waals surface area contributed by atoms with Crippen LogP contribution in [0.25, 0.3) is 0 Å². The standard InChI is InChI=1S/C23H27ClN4O5/c1-3-5-12-25-22(30)23(31)28-26-14-16-6-11-19(20(13-16)32-4-2)33-15-21(29)27-18-9-7-17(24)8-10-18/h6-11,13-14H,3-5,12,15H2,1-2H3,(H,25,30)(H,27,29)(H,28,31)/b26-14-. The van der Waals surface area contributed by atoms with Crippen molar-refractivity contribution in [3.63, 3.8) is 0 Å². The molecule has 2 aromatic rings. The Labute approximate surface area is 197 Å². The summed E-state index contributed by atoms with van der Waals surface area (Å²) in [6, 6.07) is 11.7. The third kappa shape index (κ3) is 9.20. The molecule has 9 nitrogen and oxygen atoms in total. The van der Waals surface area contributed by atoms with Crippen molar-refractivity contribution in [1.29, 1.82) is 0 Å². The minimum absolute atomic E-state index is 0.223. The molecular formula is C23H27ClN4O5. The number of hydrazone groups is 1. The summed E-state index contributed by atoms with van der Waals surface area (Å²) in [6.45, 7) is 4.39. The van der Waals surface area contributed by atoms with Crippen LogP contribution in [0.15, 0.2) is 47.6 Å². The smallest absolute Gasteiger partial charge is 0.329 e. The summed E-state index contributed by atoms with van der Waals surface area (Å²) in [5.41, 5.74) is 3.38. The van der Waals surface area contributed by atoms with Gasteiger partial charge in [-0.25, -0.2) is 5.43 Å². The van der Waals surface area contributed by atoms with E-state index in [1.165, 1.54) is 6.21 Å². The van der Waals surface area contributed by atoms with Crippen molar-refractivity contribution in [3.05, 3.63) is 53.1 Å². The first-order valence-corrected chi connectivity index (χ1v) is 10.9. The molecule has 0 bridgehead atoms. The summed E-state index contributed by atoms with van der Waals surface area (Å²) in [5, 5.41) is 9.58. The number of nitrogens with zero attached hydrogens (tertiary/aromatic N) is 1. The van der Waals surface area contributed by atoms with Crippen LogP contribution in [0.5, 0.6) is 11.5 Å². The highest BCUT2D eigenvalue weighted by atomic mass is 35.5. The molecule has 33 heavy (non-hydrogen) atoms. The first-order chi connectivity index (χ1) is 15.9. The Morgan fingerprint density at radius 2 is 1.76 bits per heavy atom. The van der Waals surface area contributed by atoms with E-state index in [1.807, 2.05) is 13.8 Å². The maximum absolute atomic E-state index is 12.1. The van der Waals surface area contributed by atoms with Crippen LogP contribution in [0.2, 0.25) is 5.02 Å². The van der Waals surface area contributed by atoms with Gasteiger partial charge in [-0.05, 0) is 61.4 Å². The lowest BCUT2D eigenvalue weighted by Crippen LogP contribution is -2.38. The normalized spacial score (nSPS) is 10.5. The van der Waals surface area contributed by atoms with Gasteiger partial charge >= 0.3 is 11.8 Å². The van der Waals surface area contributed by atoms with E-state index in [-0.39, 0.29) is 12.5 Å². The monoisotopic (exact) mass is 474 g/mol. The minimum atomic E-state index is -0.848. The molecule has 176 valence electrons. The van der Waals surface area contributed by atoms with Crippen LogP contribution in [0.1, 0.15) is 32.3 Å². The number of nitrogens with one attached hydrogen (secondary N) is 3. The number of carbonyl (C=O) groups is 3. The Morgan fingerprint density at radius 3 is 2.45 bits per heavy atom. The predicted octanol–water partition coefficient (Wildman–Crippen LogP) is 3.12. The number of unbranched alkanes of at least 4 members (excludes halogenated alkanes) is 1. The molecule has 2 rings (SSSR count). The third-order valence-corrected chi connectivity index (χ3v) is 4.41. The molecule has 0 saturated heterocycles. The molecule has 0 aliphatic carbocycles. The highest BCUT2D eigenvalue weighted by molar-refractivity contribution is 6.35. The largest absolute Gasteiger partial charge is 0.490 e. The fraction of sp³-hybridized carbons (Fsp3) is 0.304. The van der Waals surface area contributed by atoms with Gasteiger partial charge in [0.25, 0.3) is 5.91 Å². The van der Waals surface area contributed by atoms with E-state index in [4.69, 9.17) is 21.1 Å². The van der Waals surface area contributed by atoms with Crippen LogP contribution < -0.4 is 25.5 Å². The fourth-order valence-corrected chi connectivity index (χ4v) is 2.67. The molecule has 0 atom stereocenters. The number of anilines is 1. The molecule has 0 aliphatic rings. The summed E-state index contributed by atoms with van der Waals surface area (Å²) in [5.74, 6) is -1.15. The van der Waals surface area contributed by atoms with Gasteiger partial charge in [-0.15, -0.1) is 0 Å². The number of hydrogen-bond acceptors (Lipinski definition) is 6. The zero-order chi connectivity index (χ0) is 24.1. The van der Waals surface area contributed by atoms with Gasteiger partial charge in [0.1, 0.15) is 0 Å². The Hall–Kier alpha value is -3.59. The average molecular weight is 475 g/mol. The molecule has 10 heteroatoms. The van der Waals surface area contributed by atoms with E-state index in [2.05, 4.69) is 21.2 Å². The van der Waals surface area contributed by atoms with Crippen molar-refractivity contribution >= 4 is 41.2 Å². The van der Waals surface area contributed by atoms with Crippen molar-refractivity contribution in [2.75, 3.05) is 25.1 Å². The van der Waals surface area contributed by atoms with Gasteiger partial charge in [0.05, 0.1) is 12.8 Å². The van der Waals surface area contributed by atoms with E-state index >= 15 is 0 Å². The molecule has 0 radical (unpaired) electrons. The van der Waals surface area contributed by atoms with Gasteiger partial charge in [0.2, 0.25) is 0 Å². The molecule has 0 spiro atoms. The van der Waals surface area contributed by atoms with Crippen molar-refractivity contribution in [3.8, 4) is 11.5 Å². The molecule has 3 N–H and O–H groups in total. The number of ether oxygens (including phenoxy) is 2. The lowest BCUT2D eigenvalue weighted by molar-refractivity contribution is -0.139. The highest BCUT2D eigenvalue weighted by Crippen LogP contribution is 2.28. The highest BCUT2D eigenvalue weighted by Gasteiger charge is 2.12. The SMILES string of the molecule is CCCCNC(=O)C(=O)N/N=C\c1ccc(OCC(=O)Nc2ccc(Cl)cc2)c(OCC)c1. The molecular weight excluding hydrogens is 448 g/mol. The van der Waals surface area contributed by atoms with Crippen LogP contribution in [-0.4, -0.2) is 43.7 Å². The maximum atomic E-state index is 12.1. The lowest BCUT2D eigenvalue weighted by atomic mass is 10.2. The second kappa shape index (κ2) is 13.7. The molecule has 0 aliphatic heterocycles. The first-order valence-electron chi connectivity index (χ1n) is 10.5. The van der Waals surface area contributed by atoms with E-state index in [0.29, 0.717) is 40.9 Å². The van der Waals surface area contributed by atoms with E-state index in [1.54, 1.807) is 42.5 Å². The summed E-state index contributed by atoms with van der Waals surface area (Å²) in [7, 11) is 0. The van der Waals surface area contributed by atoms with Gasteiger partial charge in [0, 0.05) is 17.3 Å². The van der Waals surface area contributed by atoms with Crippen LogP contribution in [0.4, 0.5) is 5.69 Å².